The SMILES string of the molecule is CCOCC(=O)NCCCCCCC(C)(C)C. The summed E-state index contributed by atoms with van der Waals surface area (Å²) < 4.78 is 5.02. The smallest absolute Gasteiger partial charge is 0.245 e. The van der Waals surface area contributed by atoms with Gasteiger partial charge in [0, 0.05) is 13.2 Å². The van der Waals surface area contributed by atoms with E-state index in [-0.39, 0.29) is 12.5 Å². The summed E-state index contributed by atoms with van der Waals surface area (Å²) in [6, 6.07) is 0. The zero-order chi connectivity index (χ0) is 13.1. The van der Waals surface area contributed by atoms with Crippen LogP contribution in [-0.4, -0.2) is 25.7 Å². The standard InChI is InChI=1S/C14H29NO2/c1-5-17-12-13(16)15-11-9-7-6-8-10-14(2,3)4/h5-12H2,1-4H3,(H,15,16). The highest BCUT2D eigenvalue weighted by Gasteiger charge is 2.08. The second-order valence-electron chi connectivity index (χ2n) is 5.71. The second kappa shape index (κ2) is 9.46. The average Bonchev–Trinajstić information content (AvgIpc) is 2.23. The van der Waals surface area contributed by atoms with Gasteiger partial charge in [0.1, 0.15) is 6.61 Å². The molecule has 0 heterocycles. The monoisotopic (exact) mass is 243 g/mol. The minimum absolute atomic E-state index is 0.00143. The van der Waals surface area contributed by atoms with Crippen molar-refractivity contribution in [3.05, 3.63) is 0 Å². The van der Waals surface area contributed by atoms with Crippen LogP contribution < -0.4 is 5.32 Å². The molecule has 0 aliphatic carbocycles. The van der Waals surface area contributed by atoms with E-state index in [0.717, 1.165) is 13.0 Å². The van der Waals surface area contributed by atoms with Crippen LogP contribution in [0, 0.1) is 5.41 Å². The van der Waals surface area contributed by atoms with Crippen molar-refractivity contribution < 1.29 is 9.53 Å². The van der Waals surface area contributed by atoms with Crippen molar-refractivity contribution in [2.24, 2.45) is 5.41 Å². The van der Waals surface area contributed by atoms with Gasteiger partial charge in [-0.1, -0.05) is 40.0 Å². The van der Waals surface area contributed by atoms with E-state index in [1.54, 1.807) is 0 Å². The Morgan fingerprint density at radius 1 is 1.12 bits per heavy atom. The zero-order valence-corrected chi connectivity index (χ0v) is 12.0. The first-order valence-corrected chi connectivity index (χ1v) is 6.80. The molecule has 0 aromatic heterocycles. The van der Waals surface area contributed by atoms with Crippen LogP contribution in [0.25, 0.3) is 0 Å². The molecule has 0 saturated heterocycles. The van der Waals surface area contributed by atoms with Gasteiger partial charge in [0.05, 0.1) is 0 Å². The Kier molecular flexibility index (Phi) is 9.14. The van der Waals surface area contributed by atoms with Gasteiger partial charge in [0.2, 0.25) is 5.91 Å². The number of carbonyl (C=O) groups is 1. The van der Waals surface area contributed by atoms with Crippen LogP contribution in [0.2, 0.25) is 0 Å². The van der Waals surface area contributed by atoms with E-state index in [1.807, 2.05) is 6.92 Å². The maximum Gasteiger partial charge on any atom is 0.245 e. The fourth-order valence-corrected chi connectivity index (χ4v) is 1.61. The third-order valence-corrected chi connectivity index (χ3v) is 2.61. The third kappa shape index (κ3) is 13.4. The lowest BCUT2D eigenvalue weighted by molar-refractivity contribution is -0.125. The van der Waals surface area contributed by atoms with Gasteiger partial charge in [-0.3, -0.25) is 4.79 Å². The first kappa shape index (κ1) is 16.4. The van der Waals surface area contributed by atoms with Crippen molar-refractivity contribution in [1.29, 1.82) is 0 Å². The number of nitrogens with one attached hydrogen (secondary N) is 1. The van der Waals surface area contributed by atoms with Crippen LogP contribution in [0.1, 0.15) is 59.8 Å². The van der Waals surface area contributed by atoms with Crippen molar-refractivity contribution in [2.45, 2.75) is 59.8 Å². The highest BCUT2D eigenvalue weighted by atomic mass is 16.5. The molecule has 0 fully saturated rings. The highest BCUT2D eigenvalue weighted by Crippen LogP contribution is 2.22. The molecular formula is C14H29NO2. The van der Waals surface area contributed by atoms with Crippen LogP contribution in [0.5, 0.6) is 0 Å². The van der Waals surface area contributed by atoms with E-state index in [2.05, 4.69) is 26.1 Å². The molecule has 0 aliphatic heterocycles. The summed E-state index contributed by atoms with van der Waals surface area (Å²) in [5.74, 6) is 0.00143. The van der Waals surface area contributed by atoms with Crippen LogP contribution >= 0.6 is 0 Å². The van der Waals surface area contributed by atoms with E-state index in [9.17, 15) is 4.79 Å². The van der Waals surface area contributed by atoms with Gasteiger partial charge in [0.25, 0.3) is 0 Å². The predicted octanol–water partition coefficient (Wildman–Crippen LogP) is 3.14. The molecule has 17 heavy (non-hydrogen) atoms. The quantitative estimate of drug-likeness (QED) is 0.632. The van der Waals surface area contributed by atoms with E-state index in [4.69, 9.17) is 4.74 Å². The summed E-state index contributed by atoms with van der Waals surface area (Å²) >= 11 is 0. The lowest BCUT2D eigenvalue weighted by Gasteiger charge is -2.17. The molecule has 0 aliphatic rings. The van der Waals surface area contributed by atoms with Crippen LogP contribution in [0.15, 0.2) is 0 Å². The molecule has 0 bridgehead atoms. The molecule has 1 N–H and O–H groups in total. The van der Waals surface area contributed by atoms with Crippen molar-refractivity contribution in [1.82, 2.24) is 5.32 Å². The van der Waals surface area contributed by atoms with Crippen LogP contribution in [0.3, 0.4) is 0 Å². The molecular weight excluding hydrogens is 214 g/mol. The molecule has 0 aromatic carbocycles. The molecule has 3 nitrogen and oxygen atoms in total. The maximum absolute atomic E-state index is 11.2. The minimum atomic E-state index is 0.00143. The zero-order valence-electron chi connectivity index (χ0n) is 12.0. The third-order valence-electron chi connectivity index (χ3n) is 2.61. The van der Waals surface area contributed by atoms with Gasteiger partial charge in [-0.2, -0.15) is 0 Å². The van der Waals surface area contributed by atoms with Gasteiger partial charge < -0.3 is 10.1 Å². The molecule has 0 rings (SSSR count). The minimum Gasteiger partial charge on any atom is -0.372 e. The number of rotatable bonds is 9. The molecule has 0 unspecified atom stereocenters. The van der Waals surface area contributed by atoms with Gasteiger partial charge in [-0.05, 0) is 25.2 Å². The molecule has 102 valence electrons. The molecule has 1 amide bonds. The number of unbranched alkanes of at least 4 members (excludes halogenated alkanes) is 3. The lowest BCUT2D eigenvalue weighted by atomic mass is 9.89. The predicted molar refractivity (Wildman–Crippen MR) is 72.0 cm³/mol. The Hall–Kier alpha value is -0.570. The van der Waals surface area contributed by atoms with Crippen molar-refractivity contribution >= 4 is 5.91 Å². The van der Waals surface area contributed by atoms with E-state index in [0.29, 0.717) is 12.0 Å². The fraction of sp³-hybridized carbons (Fsp3) is 0.929. The summed E-state index contributed by atoms with van der Waals surface area (Å²) in [7, 11) is 0. The lowest BCUT2D eigenvalue weighted by Crippen LogP contribution is -2.28. The fourth-order valence-electron chi connectivity index (χ4n) is 1.61. The normalized spacial score (nSPS) is 11.5. The molecule has 0 spiro atoms. The maximum atomic E-state index is 11.2. The number of amides is 1. The Labute approximate surface area is 106 Å². The number of hydrogen-bond donors (Lipinski definition) is 1. The Morgan fingerprint density at radius 3 is 2.35 bits per heavy atom. The van der Waals surface area contributed by atoms with E-state index >= 15 is 0 Å². The molecule has 0 aromatic rings. The average molecular weight is 243 g/mol. The van der Waals surface area contributed by atoms with Crippen LogP contribution in [-0.2, 0) is 9.53 Å². The Balaban J connectivity index is 3.21. The van der Waals surface area contributed by atoms with E-state index in [1.165, 1.54) is 25.7 Å². The highest BCUT2D eigenvalue weighted by molar-refractivity contribution is 5.77. The van der Waals surface area contributed by atoms with Crippen molar-refractivity contribution in [2.75, 3.05) is 19.8 Å². The summed E-state index contributed by atoms with van der Waals surface area (Å²) in [6.45, 7) is 10.3. The number of ether oxygens (including phenoxy) is 1. The van der Waals surface area contributed by atoms with Gasteiger partial charge in [0.15, 0.2) is 0 Å². The van der Waals surface area contributed by atoms with E-state index < -0.39 is 0 Å². The van der Waals surface area contributed by atoms with Crippen molar-refractivity contribution in [3.8, 4) is 0 Å². The largest absolute Gasteiger partial charge is 0.372 e. The second-order valence-corrected chi connectivity index (χ2v) is 5.71. The Bertz CT molecular complexity index is 197. The molecule has 0 saturated carbocycles. The summed E-state index contributed by atoms with van der Waals surface area (Å²) in [5.41, 5.74) is 0.450. The number of hydrogen-bond acceptors (Lipinski definition) is 2. The molecule has 0 atom stereocenters. The summed E-state index contributed by atoms with van der Waals surface area (Å²) in [6.07, 6.45) is 6.10. The van der Waals surface area contributed by atoms with Gasteiger partial charge in [-0.15, -0.1) is 0 Å². The van der Waals surface area contributed by atoms with Crippen molar-refractivity contribution in [3.63, 3.8) is 0 Å². The van der Waals surface area contributed by atoms with Crippen LogP contribution in [0.4, 0.5) is 0 Å². The topological polar surface area (TPSA) is 38.3 Å². The number of carbonyl (C=O) groups excluding carboxylic acids is 1. The van der Waals surface area contributed by atoms with Gasteiger partial charge in [-0.25, -0.2) is 0 Å². The summed E-state index contributed by atoms with van der Waals surface area (Å²) in [4.78, 5) is 11.2. The molecule has 3 heteroatoms. The first-order chi connectivity index (χ1) is 7.95. The first-order valence-electron chi connectivity index (χ1n) is 6.80. The Morgan fingerprint density at radius 2 is 1.76 bits per heavy atom. The van der Waals surface area contributed by atoms with Gasteiger partial charge >= 0.3 is 0 Å². The molecule has 0 radical (unpaired) electrons. The summed E-state index contributed by atoms with van der Waals surface area (Å²) in [5, 5.41) is 2.86.